The quantitative estimate of drug-likeness (QED) is 0.848. The molecule has 0 saturated heterocycles. The summed E-state index contributed by atoms with van der Waals surface area (Å²) >= 11 is 7.43. The van der Waals surface area contributed by atoms with Gasteiger partial charge in [0.2, 0.25) is 0 Å². The van der Waals surface area contributed by atoms with E-state index in [2.05, 4.69) is 4.98 Å². The lowest BCUT2D eigenvalue weighted by atomic mass is 10.1. The molecule has 100 valence electrons. The Kier molecular flexibility index (Phi) is 4.69. The Morgan fingerprint density at radius 2 is 2.05 bits per heavy atom. The molecule has 0 amide bonds. The monoisotopic (exact) mass is 294 g/mol. The van der Waals surface area contributed by atoms with E-state index >= 15 is 0 Å². The van der Waals surface area contributed by atoms with Crippen LogP contribution in [0.2, 0.25) is 5.02 Å². The average Bonchev–Trinajstić information content (AvgIpc) is 2.40. The summed E-state index contributed by atoms with van der Waals surface area (Å²) in [6.07, 6.45) is 0.790. The van der Waals surface area contributed by atoms with Crippen molar-refractivity contribution in [3.8, 4) is 0 Å². The van der Waals surface area contributed by atoms with Crippen molar-refractivity contribution in [3.63, 3.8) is 0 Å². The van der Waals surface area contributed by atoms with Crippen molar-refractivity contribution in [2.45, 2.75) is 17.9 Å². The fourth-order valence-electron chi connectivity index (χ4n) is 1.63. The summed E-state index contributed by atoms with van der Waals surface area (Å²) in [6.45, 7) is 2.04. The molecule has 1 aromatic heterocycles. The smallest absolute Gasteiger partial charge is 0.129 e. The van der Waals surface area contributed by atoms with Crippen LogP contribution in [0.5, 0.6) is 0 Å². The largest absolute Gasteiger partial charge is 0.387 e. The number of rotatable bonds is 4. The summed E-state index contributed by atoms with van der Waals surface area (Å²) in [4.78, 5) is 5.05. The summed E-state index contributed by atoms with van der Waals surface area (Å²) in [6, 6.07) is 9.82. The minimum atomic E-state index is -0.683. The van der Waals surface area contributed by atoms with E-state index < -0.39 is 6.10 Å². The van der Waals surface area contributed by atoms with E-state index in [0.29, 0.717) is 22.2 Å². The number of halogens is 1. The number of pyridine rings is 1. The van der Waals surface area contributed by atoms with Crippen LogP contribution in [0, 0.1) is 6.92 Å². The van der Waals surface area contributed by atoms with Gasteiger partial charge in [0.15, 0.2) is 0 Å². The molecule has 1 aromatic carbocycles. The highest BCUT2D eigenvalue weighted by Gasteiger charge is 2.13. The second-order valence-electron chi connectivity index (χ2n) is 4.27. The minimum Gasteiger partial charge on any atom is -0.387 e. The number of aliphatic hydroxyl groups excluding tert-OH is 1. The van der Waals surface area contributed by atoms with Gasteiger partial charge in [0.25, 0.3) is 0 Å². The number of aryl methyl sites for hydroxylation is 1. The first-order valence-corrected chi connectivity index (χ1v) is 7.21. The Bertz CT molecular complexity index is 560. The van der Waals surface area contributed by atoms with Gasteiger partial charge in [-0.1, -0.05) is 29.3 Å². The van der Waals surface area contributed by atoms with E-state index in [4.69, 9.17) is 17.3 Å². The van der Waals surface area contributed by atoms with Gasteiger partial charge in [-0.3, -0.25) is 0 Å². The van der Waals surface area contributed by atoms with E-state index in [-0.39, 0.29) is 0 Å². The maximum absolute atomic E-state index is 10.1. The third kappa shape index (κ3) is 3.86. The first-order valence-electron chi connectivity index (χ1n) is 5.84. The second-order valence-corrected chi connectivity index (χ2v) is 5.80. The third-order valence-corrected chi connectivity index (χ3v) is 4.00. The summed E-state index contributed by atoms with van der Waals surface area (Å²) in [5, 5.41) is 10.6. The van der Waals surface area contributed by atoms with Crippen LogP contribution >= 0.6 is 23.4 Å². The number of thioether (sulfide) groups is 1. The molecule has 0 spiro atoms. The normalized spacial score (nSPS) is 12.4. The standard InChI is InChI=1S/C14H15ClN2OS/c1-9-2-4-11(5-3-9)19-8-13(18)12-6-10(15)7-17-14(12)16/h2-7,13,18H,8H2,1H3,(H2,16,17). The van der Waals surface area contributed by atoms with Crippen LogP contribution in [0.15, 0.2) is 41.4 Å². The zero-order valence-electron chi connectivity index (χ0n) is 10.5. The summed E-state index contributed by atoms with van der Waals surface area (Å²) in [5.74, 6) is 0.830. The maximum atomic E-state index is 10.1. The fourth-order valence-corrected chi connectivity index (χ4v) is 2.66. The minimum absolute atomic E-state index is 0.321. The van der Waals surface area contributed by atoms with Gasteiger partial charge in [0, 0.05) is 22.4 Å². The fraction of sp³-hybridized carbons (Fsp3) is 0.214. The van der Waals surface area contributed by atoms with E-state index in [0.717, 1.165) is 4.90 Å². The number of hydrogen-bond acceptors (Lipinski definition) is 4. The predicted molar refractivity (Wildman–Crippen MR) is 80.5 cm³/mol. The molecule has 0 aliphatic carbocycles. The molecule has 3 nitrogen and oxygen atoms in total. The topological polar surface area (TPSA) is 59.1 Å². The van der Waals surface area contributed by atoms with Crippen molar-refractivity contribution in [1.82, 2.24) is 4.98 Å². The Morgan fingerprint density at radius 1 is 1.37 bits per heavy atom. The van der Waals surface area contributed by atoms with Crippen molar-refractivity contribution < 1.29 is 5.11 Å². The van der Waals surface area contributed by atoms with Gasteiger partial charge < -0.3 is 10.8 Å². The molecule has 0 radical (unpaired) electrons. The second kappa shape index (κ2) is 6.28. The summed E-state index contributed by atoms with van der Waals surface area (Å²) < 4.78 is 0. The lowest BCUT2D eigenvalue weighted by Crippen LogP contribution is -2.06. The van der Waals surface area contributed by atoms with Gasteiger partial charge in [-0.2, -0.15) is 0 Å². The maximum Gasteiger partial charge on any atom is 0.129 e. The van der Waals surface area contributed by atoms with E-state index in [1.807, 2.05) is 31.2 Å². The highest BCUT2D eigenvalue weighted by Crippen LogP contribution is 2.28. The molecule has 5 heteroatoms. The molecule has 2 rings (SSSR count). The first kappa shape index (κ1) is 14.2. The van der Waals surface area contributed by atoms with E-state index in [1.165, 1.54) is 11.8 Å². The lowest BCUT2D eigenvalue weighted by Gasteiger charge is -2.12. The molecule has 3 N–H and O–H groups in total. The zero-order chi connectivity index (χ0) is 13.8. The molecule has 0 fully saturated rings. The number of nitrogen functional groups attached to an aromatic ring is 1. The number of benzene rings is 1. The van der Waals surface area contributed by atoms with Crippen LogP contribution in [0.3, 0.4) is 0 Å². The first-order chi connectivity index (χ1) is 9.06. The van der Waals surface area contributed by atoms with Crippen molar-refractivity contribution >= 4 is 29.2 Å². The highest BCUT2D eigenvalue weighted by atomic mass is 35.5. The van der Waals surface area contributed by atoms with Crippen molar-refractivity contribution in [2.75, 3.05) is 11.5 Å². The molecule has 2 aromatic rings. The number of hydrogen-bond donors (Lipinski definition) is 2. The molecule has 0 bridgehead atoms. The molecule has 1 heterocycles. The molecule has 19 heavy (non-hydrogen) atoms. The number of aliphatic hydroxyl groups is 1. The lowest BCUT2D eigenvalue weighted by molar-refractivity contribution is 0.204. The Hall–Kier alpha value is -1.23. The Morgan fingerprint density at radius 3 is 2.74 bits per heavy atom. The summed E-state index contributed by atoms with van der Waals surface area (Å²) in [5.41, 5.74) is 7.53. The van der Waals surface area contributed by atoms with Crippen molar-refractivity contribution in [2.24, 2.45) is 0 Å². The van der Waals surface area contributed by atoms with Crippen molar-refractivity contribution in [1.29, 1.82) is 0 Å². The molecule has 0 aliphatic heterocycles. The molecule has 0 aliphatic rings. The van der Waals surface area contributed by atoms with Gasteiger partial charge in [-0.05, 0) is 25.1 Å². The van der Waals surface area contributed by atoms with Gasteiger partial charge in [0.05, 0.1) is 11.1 Å². The molecule has 1 atom stereocenters. The van der Waals surface area contributed by atoms with Crippen LogP contribution in [-0.2, 0) is 0 Å². The van der Waals surface area contributed by atoms with Gasteiger partial charge in [-0.15, -0.1) is 11.8 Å². The van der Waals surface area contributed by atoms with Crippen LogP contribution in [-0.4, -0.2) is 15.8 Å². The number of aromatic nitrogens is 1. The highest BCUT2D eigenvalue weighted by molar-refractivity contribution is 7.99. The Labute approximate surface area is 121 Å². The van der Waals surface area contributed by atoms with Crippen LogP contribution in [0.4, 0.5) is 5.82 Å². The SMILES string of the molecule is Cc1ccc(SCC(O)c2cc(Cl)cnc2N)cc1. The number of nitrogens with zero attached hydrogens (tertiary/aromatic N) is 1. The summed E-state index contributed by atoms with van der Waals surface area (Å²) in [7, 11) is 0. The van der Waals surface area contributed by atoms with Crippen LogP contribution < -0.4 is 5.73 Å². The van der Waals surface area contributed by atoms with E-state index in [1.54, 1.807) is 17.8 Å². The average molecular weight is 295 g/mol. The molecular weight excluding hydrogens is 280 g/mol. The number of anilines is 1. The van der Waals surface area contributed by atoms with Crippen LogP contribution in [0.25, 0.3) is 0 Å². The predicted octanol–water partition coefficient (Wildman–Crippen LogP) is 3.45. The number of nitrogens with two attached hydrogens (primary N) is 1. The van der Waals surface area contributed by atoms with Gasteiger partial charge in [0.1, 0.15) is 5.82 Å². The molecular formula is C14H15ClN2OS. The van der Waals surface area contributed by atoms with Gasteiger partial charge >= 0.3 is 0 Å². The zero-order valence-corrected chi connectivity index (χ0v) is 12.1. The molecule has 0 saturated carbocycles. The van der Waals surface area contributed by atoms with E-state index in [9.17, 15) is 5.11 Å². The van der Waals surface area contributed by atoms with Gasteiger partial charge in [-0.25, -0.2) is 4.98 Å². The van der Waals surface area contributed by atoms with Crippen LogP contribution in [0.1, 0.15) is 17.2 Å². The van der Waals surface area contributed by atoms with Crippen molar-refractivity contribution in [3.05, 3.63) is 52.7 Å². The Balaban J connectivity index is 2.03. The third-order valence-electron chi connectivity index (χ3n) is 2.70. The molecule has 1 unspecified atom stereocenters.